The molecular formula is C16H21NO3S. The van der Waals surface area contributed by atoms with E-state index in [1.54, 1.807) is 28.6 Å². The van der Waals surface area contributed by atoms with Crippen molar-refractivity contribution in [1.82, 2.24) is 4.31 Å². The predicted molar refractivity (Wildman–Crippen MR) is 82.2 cm³/mol. The predicted octanol–water partition coefficient (Wildman–Crippen LogP) is 1.98. The zero-order chi connectivity index (χ0) is 15.3. The van der Waals surface area contributed by atoms with Crippen molar-refractivity contribution in [2.45, 2.75) is 43.5 Å². The number of aliphatic hydroxyl groups excluding tert-OH is 1. The first-order valence-corrected chi connectivity index (χ1v) is 8.75. The van der Waals surface area contributed by atoms with Gasteiger partial charge in [-0.15, -0.1) is 0 Å². The summed E-state index contributed by atoms with van der Waals surface area (Å²) in [5.74, 6) is 5.29. The number of benzene rings is 1. The van der Waals surface area contributed by atoms with Gasteiger partial charge in [-0.2, -0.15) is 4.31 Å². The second kappa shape index (κ2) is 7.08. The Labute approximate surface area is 126 Å². The minimum absolute atomic E-state index is 0.118. The van der Waals surface area contributed by atoms with Crippen LogP contribution in [0.3, 0.4) is 0 Å². The van der Waals surface area contributed by atoms with E-state index in [1.165, 1.54) is 0 Å². The third kappa shape index (κ3) is 3.65. The molecule has 0 heterocycles. The van der Waals surface area contributed by atoms with E-state index in [1.807, 2.05) is 6.92 Å². The maximum absolute atomic E-state index is 12.8. The van der Waals surface area contributed by atoms with Crippen molar-refractivity contribution < 1.29 is 13.5 Å². The summed E-state index contributed by atoms with van der Waals surface area (Å²) in [5.41, 5.74) is 0.604. The maximum Gasteiger partial charge on any atom is 0.243 e. The van der Waals surface area contributed by atoms with Gasteiger partial charge < -0.3 is 5.11 Å². The first kappa shape index (κ1) is 16.0. The Kier molecular flexibility index (Phi) is 5.40. The van der Waals surface area contributed by atoms with Crippen molar-refractivity contribution in [3.8, 4) is 11.8 Å². The van der Waals surface area contributed by atoms with Crippen LogP contribution in [0, 0.1) is 11.8 Å². The van der Waals surface area contributed by atoms with Gasteiger partial charge in [-0.25, -0.2) is 8.42 Å². The van der Waals surface area contributed by atoms with Gasteiger partial charge in [0.15, 0.2) is 0 Å². The van der Waals surface area contributed by atoms with Crippen LogP contribution in [0.4, 0.5) is 0 Å². The summed E-state index contributed by atoms with van der Waals surface area (Å²) >= 11 is 0. The zero-order valence-corrected chi connectivity index (χ0v) is 13.1. The number of hydrogen-bond donors (Lipinski definition) is 1. The normalized spacial score (nSPS) is 16.0. The van der Waals surface area contributed by atoms with Gasteiger partial charge in [-0.05, 0) is 31.0 Å². The monoisotopic (exact) mass is 307 g/mol. The SMILES string of the molecule is CCN(C1CCCC1)S(=O)(=O)c1cccc(C#CCO)c1. The van der Waals surface area contributed by atoms with Crippen molar-refractivity contribution >= 4 is 10.0 Å². The lowest BCUT2D eigenvalue weighted by Crippen LogP contribution is -2.38. The fraction of sp³-hybridized carbons (Fsp3) is 0.500. The molecule has 0 unspecified atom stereocenters. The van der Waals surface area contributed by atoms with Crippen molar-refractivity contribution in [3.63, 3.8) is 0 Å². The van der Waals surface area contributed by atoms with E-state index in [0.29, 0.717) is 12.1 Å². The molecular weight excluding hydrogens is 286 g/mol. The summed E-state index contributed by atoms with van der Waals surface area (Å²) in [5, 5.41) is 8.73. The molecule has 0 atom stereocenters. The van der Waals surface area contributed by atoms with Crippen molar-refractivity contribution in [3.05, 3.63) is 29.8 Å². The van der Waals surface area contributed by atoms with Gasteiger partial charge >= 0.3 is 0 Å². The second-order valence-electron chi connectivity index (χ2n) is 5.13. The van der Waals surface area contributed by atoms with Gasteiger partial charge in [-0.1, -0.05) is 37.7 Å². The molecule has 4 nitrogen and oxygen atoms in total. The Balaban J connectivity index is 2.33. The molecule has 0 amide bonds. The highest BCUT2D eigenvalue weighted by Crippen LogP contribution is 2.28. The summed E-state index contributed by atoms with van der Waals surface area (Å²) in [6.07, 6.45) is 4.07. The Hall–Kier alpha value is -1.35. The first-order chi connectivity index (χ1) is 10.1. The molecule has 1 aliphatic rings. The van der Waals surface area contributed by atoms with Crippen LogP contribution < -0.4 is 0 Å². The van der Waals surface area contributed by atoms with E-state index >= 15 is 0 Å². The van der Waals surface area contributed by atoms with E-state index < -0.39 is 10.0 Å². The van der Waals surface area contributed by atoms with Crippen LogP contribution in [-0.2, 0) is 10.0 Å². The molecule has 0 radical (unpaired) electrons. The summed E-state index contributed by atoms with van der Waals surface area (Å²) in [6, 6.07) is 6.74. The Morgan fingerprint density at radius 1 is 1.33 bits per heavy atom. The molecule has 0 aliphatic heterocycles. The van der Waals surface area contributed by atoms with E-state index in [4.69, 9.17) is 5.11 Å². The molecule has 0 aromatic heterocycles. The number of rotatable bonds is 4. The average molecular weight is 307 g/mol. The second-order valence-corrected chi connectivity index (χ2v) is 7.02. The molecule has 1 aromatic carbocycles. The molecule has 114 valence electrons. The van der Waals surface area contributed by atoms with Gasteiger partial charge in [0, 0.05) is 18.2 Å². The van der Waals surface area contributed by atoms with Crippen LogP contribution in [0.1, 0.15) is 38.2 Å². The molecule has 1 N–H and O–H groups in total. The fourth-order valence-corrected chi connectivity index (χ4v) is 4.57. The highest BCUT2D eigenvalue weighted by atomic mass is 32.2. The smallest absolute Gasteiger partial charge is 0.243 e. The van der Waals surface area contributed by atoms with Crippen LogP contribution >= 0.6 is 0 Å². The van der Waals surface area contributed by atoms with Gasteiger partial charge in [0.2, 0.25) is 10.0 Å². The molecule has 21 heavy (non-hydrogen) atoms. The molecule has 0 spiro atoms. The molecule has 1 fully saturated rings. The van der Waals surface area contributed by atoms with Crippen molar-refractivity contribution in [2.75, 3.05) is 13.2 Å². The Morgan fingerprint density at radius 2 is 2.05 bits per heavy atom. The third-order valence-electron chi connectivity index (χ3n) is 3.80. The quantitative estimate of drug-likeness (QED) is 0.865. The zero-order valence-electron chi connectivity index (χ0n) is 12.2. The topological polar surface area (TPSA) is 57.6 Å². The standard InChI is InChI=1S/C16H21NO3S/c1-2-17(15-9-3-4-10-15)21(19,20)16-11-5-7-14(13-16)8-6-12-18/h5,7,11,13,15,18H,2-4,9-10,12H2,1H3. The van der Waals surface area contributed by atoms with Crippen LogP contribution in [0.25, 0.3) is 0 Å². The Morgan fingerprint density at radius 3 is 2.67 bits per heavy atom. The molecule has 0 saturated heterocycles. The molecule has 1 saturated carbocycles. The fourth-order valence-electron chi connectivity index (χ4n) is 2.83. The number of sulfonamides is 1. The van der Waals surface area contributed by atoms with Crippen LogP contribution in [0.2, 0.25) is 0 Å². The average Bonchev–Trinajstić information content (AvgIpc) is 3.00. The van der Waals surface area contributed by atoms with Crippen molar-refractivity contribution in [1.29, 1.82) is 0 Å². The third-order valence-corrected chi connectivity index (χ3v) is 5.82. The lowest BCUT2D eigenvalue weighted by atomic mass is 10.2. The van der Waals surface area contributed by atoms with E-state index in [0.717, 1.165) is 25.7 Å². The van der Waals surface area contributed by atoms with Crippen LogP contribution in [-0.4, -0.2) is 37.0 Å². The maximum atomic E-state index is 12.8. The van der Waals surface area contributed by atoms with E-state index in [-0.39, 0.29) is 17.5 Å². The minimum Gasteiger partial charge on any atom is -0.384 e. The van der Waals surface area contributed by atoms with Gasteiger partial charge in [0.25, 0.3) is 0 Å². The molecule has 1 aromatic rings. The molecule has 0 bridgehead atoms. The largest absolute Gasteiger partial charge is 0.384 e. The lowest BCUT2D eigenvalue weighted by molar-refractivity contribution is 0.335. The molecule has 5 heteroatoms. The van der Waals surface area contributed by atoms with Gasteiger partial charge in [0.1, 0.15) is 6.61 Å². The van der Waals surface area contributed by atoms with E-state index in [9.17, 15) is 8.42 Å². The summed E-state index contributed by atoms with van der Waals surface area (Å²) in [6.45, 7) is 2.13. The number of nitrogens with zero attached hydrogens (tertiary/aromatic N) is 1. The summed E-state index contributed by atoms with van der Waals surface area (Å²) < 4.78 is 27.2. The van der Waals surface area contributed by atoms with Crippen LogP contribution in [0.5, 0.6) is 0 Å². The van der Waals surface area contributed by atoms with Crippen LogP contribution in [0.15, 0.2) is 29.2 Å². The molecule has 2 rings (SSSR count). The highest BCUT2D eigenvalue weighted by Gasteiger charge is 2.31. The summed E-state index contributed by atoms with van der Waals surface area (Å²) in [4.78, 5) is 0.279. The summed E-state index contributed by atoms with van der Waals surface area (Å²) in [7, 11) is -3.48. The Bertz CT molecular complexity index is 637. The number of aliphatic hydroxyl groups is 1. The molecule has 1 aliphatic carbocycles. The van der Waals surface area contributed by atoms with E-state index in [2.05, 4.69) is 11.8 Å². The first-order valence-electron chi connectivity index (χ1n) is 7.31. The minimum atomic E-state index is -3.48. The van der Waals surface area contributed by atoms with Crippen molar-refractivity contribution in [2.24, 2.45) is 0 Å². The highest BCUT2D eigenvalue weighted by molar-refractivity contribution is 7.89. The van der Waals surface area contributed by atoms with Gasteiger partial charge in [-0.3, -0.25) is 0 Å². The number of hydrogen-bond acceptors (Lipinski definition) is 3. The van der Waals surface area contributed by atoms with Gasteiger partial charge in [0.05, 0.1) is 4.90 Å². The lowest BCUT2D eigenvalue weighted by Gasteiger charge is -2.26.